The molecule has 0 saturated carbocycles. The second-order valence-electron chi connectivity index (χ2n) is 4.68. The van der Waals surface area contributed by atoms with Crippen LogP contribution in [-0.2, 0) is 16.1 Å². The van der Waals surface area contributed by atoms with Gasteiger partial charge in [0.25, 0.3) is 0 Å². The van der Waals surface area contributed by atoms with E-state index in [2.05, 4.69) is 0 Å². The van der Waals surface area contributed by atoms with E-state index in [9.17, 15) is 4.79 Å². The van der Waals surface area contributed by atoms with Crippen molar-refractivity contribution >= 4 is 23.6 Å². The summed E-state index contributed by atoms with van der Waals surface area (Å²) in [6.45, 7) is 0.412. The first kappa shape index (κ1) is 14.5. The van der Waals surface area contributed by atoms with E-state index in [-0.39, 0.29) is 13.4 Å². The fourth-order valence-electron chi connectivity index (χ4n) is 2.01. The maximum Gasteiger partial charge on any atom is 0.331 e. The molecule has 0 unspecified atom stereocenters. The molecular formula is C17H13ClO4. The first-order valence-electron chi connectivity index (χ1n) is 6.70. The summed E-state index contributed by atoms with van der Waals surface area (Å²) in [7, 11) is 0. The molecule has 1 aliphatic heterocycles. The lowest BCUT2D eigenvalue weighted by Gasteiger charge is -2.02. The summed E-state index contributed by atoms with van der Waals surface area (Å²) < 4.78 is 15.7. The highest BCUT2D eigenvalue weighted by molar-refractivity contribution is 6.30. The van der Waals surface area contributed by atoms with Gasteiger partial charge in [0, 0.05) is 11.1 Å². The van der Waals surface area contributed by atoms with Crippen LogP contribution in [0.3, 0.4) is 0 Å². The quantitative estimate of drug-likeness (QED) is 0.635. The molecule has 1 heterocycles. The largest absolute Gasteiger partial charge is 0.458 e. The van der Waals surface area contributed by atoms with Gasteiger partial charge in [0.15, 0.2) is 11.5 Å². The Balaban J connectivity index is 1.57. The van der Waals surface area contributed by atoms with Gasteiger partial charge in [0.1, 0.15) is 6.61 Å². The van der Waals surface area contributed by atoms with E-state index in [0.717, 1.165) is 11.1 Å². The van der Waals surface area contributed by atoms with Crippen molar-refractivity contribution in [2.45, 2.75) is 6.61 Å². The van der Waals surface area contributed by atoms with Gasteiger partial charge >= 0.3 is 5.97 Å². The van der Waals surface area contributed by atoms with Crippen LogP contribution in [0.2, 0.25) is 5.02 Å². The summed E-state index contributed by atoms with van der Waals surface area (Å²) in [5.41, 5.74) is 1.68. The van der Waals surface area contributed by atoms with Gasteiger partial charge in [-0.2, -0.15) is 0 Å². The summed E-state index contributed by atoms with van der Waals surface area (Å²) in [6, 6.07) is 12.6. The molecule has 0 N–H and O–H groups in total. The van der Waals surface area contributed by atoms with Crippen LogP contribution in [-0.4, -0.2) is 12.8 Å². The molecule has 1 aliphatic rings. The van der Waals surface area contributed by atoms with Gasteiger partial charge in [-0.3, -0.25) is 0 Å². The first-order chi connectivity index (χ1) is 10.7. The fraction of sp³-hybridized carbons (Fsp3) is 0.118. The van der Waals surface area contributed by atoms with Gasteiger partial charge < -0.3 is 14.2 Å². The van der Waals surface area contributed by atoms with Gasteiger partial charge in [0.2, 0.25) is 6.79 Å². The number of carbonyl (C=O) groups excluding carboxylic acids is 1. The highest BCUT2D eigenvalue weighted by Crippen LogP contribution is 2.32. The Bertz CT molecular complexity index is 724. The minimum atomic E-state index is -0.419. The van der Waals surface area contributed by atoms with Crippen molar-refractivity contribution in [3.8, 4) is 11.5 Å². The van der Waals surface area contributed by atoms with Crippen LogP contribution in [0.4, 0.5) is 0 Å². The van der Waals surface area contributed by atoms with E-state index in [0.29, 0.717) is 16.5 Å². The van der Waals surface area contributed by atoms with Gasteiger partial charge in [-0.15, -0.1) is 0 Å². The average molecular weight is 317 g/mol. The Morgan fingerprint density at radius 2 is 2.05 bits per heavy atom. The van der Waals surface area contributed by atoms with E-state index < -0.39 is 5.97 Å². The lowest BCUT2D eigenvalue weighted by atomic mass is 10.2. The van der Waals surface area contributed by atoms with Gasteiger partial charge in [-0.05, 0) is 41.5 Å². The van der Waals surface area contributed by atoms with E-state index in [1.54, 1.807) is 24.3 Å². The first-order valence-corrected chi connectivity index (χ1v) is 7.07. The molecule has 0 spiro atoms. The number of carbonyl (C=O) groups is 1. The highest BCUT2D eigenvalue weighted by atomic mass is 35.5. The highest BCUT2D eigenvalue weighted by Gasteiger charge is 2.12. The Hall–Kier alpha value is -2.46. The van der Waals surface area contributed by atoms with Crippen molar-refractivity contribution in [2.24, 2.45) is 0 Å². The molecule has 0 radical (unpaired) electrons. The lowest BCUT2D eigenvalue weighted by molar-refractivity contribution is -0.138. The lowest BCUT2D eigenvalue weighted by Crippen LogP contribution is -2.00. The number of esters is 1. The average Bonchev–Trinajstić information content (AvgIpc) is 2.98. The van der Waals surface area contributed by atoms with Crippen molar-refractivity contribution < 1.29 is 19.0 Å². The summed E-state index contributed by atoms with van der Waals surface area (Å²) in [6.07, 6.45) is 3.05. The second-order valence-corrected chi connectivity index (χ2v) is 5.12. The number of halogens is 1. The molecule has 0 atom stereocenters. The number of hydrogen-bond donors (Lipinski definition) is 0. The second kappa shape index (κ2) is 6.54. The van der Waals surface area contributed by atoms with Crippen LogP contribution in [0.15, 0.2) is 48.5 Å². The van der Waals surface area contributed by atoms with Gasteiger partial charge in [-0.1, -0.05) is 29.8 Å². The zero-order valence-corrected chi connectivity index (χ0v) is 12.4. The third kappa shape index (κ3) is 3.59. The van der Waals surface area contributed by atoms with Gasteiger partial charge in [0.05, 0.1) is 0 Å². The fourth-order valence-corrected chi connectivity index (χ4v) is 2.22. The number of benzene rings is 2. The Kier molecular flexibility index (Phi) is 4.30. The third-order valence-corrected chi connectivity index (χ3v) is 3.31. The maximum atomic E-state index is 11.7. The van der Waals surface area contributed by atoms with Crippen LogP contribution in [0.25, 0.3) is 6.08 Å². The maximum absolute atomic E-state index is 11.7. The zero-order valence-electron chi connectivity index (χ0n) is 11.6. The monoisotopic (exact) mass is 316 g/mol. The molecule has 2 aromatic rings. The summed E-state index contributed by atoms with van der Waals surface area (Å²) in [4.78, 5) is 11.7. The normalized spacial score (nSPS) is 12.6. The Morgan fingerprint density at radius 3 is 2.91 bits per heavy atom. The molecule has 22 heavy (non-hydrogen) atoms. The number of ether oxygens (including phenoxy) is 3. The molecule has 2 aromatic carbocycles. The number of hydrogen-bond acceptors (Lipinski definition) is 4. The van der Waals surface area contributed by atoms with Crippen LogP contribution < -0.4 is 9.47 Å². The minimum absolute atomic E-state index is 0.185. The molecule has 0 fully saturated rings. The third-order valence-electron chi connectivity index (χ3n) is 3.08. The summed E-state index contributed by atoms with van der Waals surface area (Å²) in [5.74, 6) is 0.966. The van der Waals surface area contributed by atoms with Crippen LogP contribution in [0, 0.1) is 0 Å². The molecule has 112 valence electrons. The van der Waals surface area contributed by atoms with Crippen LogP contribution in [0.1, 0.15) is 11.1 Å². The molecule has 0 amide bonds. The van der Waals surface area contributed by atoms with E-state index in [1.165, 1.54) is 6.08 Å². The molecule has 5 heteroatoms. The Labute approximate surface area is 132 Å². The molecule has 0 saturated heterocycles. The SMILES string of the molecule is O=C(/C=C/c1ccc2c(c1)OCO2)OCc1cccc(Cl)c1. The van der Waals surface area contributed by atoms with E-state index >= 15 is 0 Å². The summed E-state index contributed by atoms with van der Waals surface area (Å²) in [5, 5.41) is 0.615. The molecule has 0 bridgehead atoms. The van der Waals surface area contributed by atoms with E-state index in [4.69, 9.17) is 25.8 Å². The zero-order chi connectivity index (χ0) is 15.4. The Morgan fingerprint density at radius 1 is 1.18 bits per heavy atom. The summed E-state index contributed by atoms with van der Waals surface area (Å²) >= 11 is 5.87. The topological polar surface area (TPSA) is 44.8 Å². The van der Waals surface area contributed by atoms with Crippen molar-refractivity contribution in [1.29, 1.82) is 0 Å². The van der Waals surface area contributed by atoms with Crippen LogP contribution in [0.5, 0.6) is 11.5 Å². The number of rotatable bonds is 4. The van der Waals surface area contributed by atoms with Crippen LogP contribution >= 0.6 is 11.6 Å². The predicted molar refractivity (Wildman–Crippen MR) is 82.8 cm³/mol. The standard InChI is InChI=1S/C17H13ClO4/c18-14-3-1-2-13(8-14)10-20-17(19)7-5-12-4-6-15-16(9-12)22-11-21-15/h1-9H,10-11H2/b7-5+. The van der Waals surface area contributed by atoms with Crippen molar-refractivity contribution in [3.05, 3.63) is 64.7 Å². The number of fused-ring (bicyclic) bond motifs is 1. The molecular weight excluding hydrogens is 304 g/mol. The van der Waals surface area contributed by atoms with Crippen molar-refractivity contribution in [2.75, 3.05) is 6.79 Å². The van der Waals surface area contributed by atoms with E-state index in [1.807, 2.05) is 24.3 Å². The van der Waals surface area contributed by atoms with Gasteiger partial charge in [-0.25, -0.2) is 4.79 Å². The smallest absolute Gasteiger partial charge is 0.331 e. The molecule has 3 rings (SSSR count). The minimum Gasteiger partial charge on any atom is -0.458 e. The molecule has 0 aliphatic carbocycles. The predicted octanol–water partition coefficient (Wildman–Crippen LogP) is 3.83. The van der Waals surface area contributed by atoms with Crippen molar-refractivity contribution in [3.63, 3.8) is 0 Å². The van der Waals surface area contributed by atoms with Crippen molar-refractivity contribution in [1.82, 2.24) is 0 Å². The molecule has 0 aromatic heterocycles. The molecule has 4 nitrogen and oxygen atoms in total.